The van der Waals surface area contributed by atoms with E-state index in [0.717, 1.165) is 0 Å². The summed E-state index contributed by atoms with van der Waals surface area (Å²) in [6.45, 7) is 10.3. The number of hydrogen-bond donors (Lipinski definition) is 3. The lowest BCUT2D eigenvalue weighted by Gasteiger charge is -2.33. The lowest BCUT2D eigenvalue weighted by atomic mass is 9.85. The number of Topliss-reactive ketones (excluding diaryl/α,β-unsaturated/α-hetero) is 1. The largest absolute Gasteiger partial charge is 0.481 e. The van der Waals surface area contributed by atoms with Crippen molar-refractivity contribution in [2.75, 3.05) is 0 Å². The van der Waals surface area contributed by atoms with Gasteiger partial charge in [-0.2, -0.15) is 0 Å². The Kier molecular flexibility index (Phi) is 5.17. The van der Waals surface area contributed by atoms with E-state index >= 15 is 0 Å². The molecule has 0 saturated heterocycles. The molecule has 0 radical (unpaired) electrons. The van der Waals surface area contributed by atoms with Gasteiger partial charge in [-0.25, -0.2) is 0 Å². The maximum atomic E-state index is 12.5. The number of aromatic amines is 1. The third-order valence-corrected chi connectivity index (χ3v) is 4.21. The molecule has 0 aliphatic rings. The minimum absolute atomic E-state index is 0.0591. The standard InChI is InChI=1S/C16H24N2O4/c1-8(2)16(6,7-12(20)21)18-15(22)14-9(3)13(11(5)19)10(4)17-14/h8,17H,7H2,1-6H3,(H,18,22)(H,20,21). The molecule has 0 saturated carbocycles. The van der Waals surface area contributed by atoms with Crippen LogP contribution in [0.2, 0.25) is 0 Å². The summed E-state index contributed by atoms with van der Waals surface area (Å²) in [4.78, 5) is 38.1. The highest BCUT2D eigenvalue weighted by atomic mass is 16.4. The smallest absolute Gasteiger partial charge is 0.305 e. The fraction of sp³-hybridized carbons (Fsp3) is 0.562. The molecule has 122 valence electrons. The zero-order valence-electron chi connectivity index (χ0n) is 14.0. The first-order valence-corrected chi connectivity index (χ1v) is 7.24. The van der Waals surface area contributed by atoms with E-state index in [2.05, 4.69) is 10.3 Å². The molecular formula is C16H24N2O4. The lowest BCUT2D eigenvalue weighted by molar-refractivity contribution is -0.138. The van der Waals surface area contributed by atoms with Crippen LogP contribution in [0.5, 0.6) is 0 Å². The minimum Gasteiger partial charge on any atom is -0.481 e. The lowest BCUT2D eigenvalue weighted by Crippen LogP contribution is -2.51. The van der Waals surface area contributed by atoms with E-state index in [4.69, 9.17) is 5.11 Å². The van der Waals surface area contributed by atoms with Gasteiger partial charge in [0.1, 0.15) is 5.69 Å². The Hall–Kier alpha value is -2.11. The SMILES string of the molecule is CC(=O)c1c(C)[nH]c(C(=O)NC(C)(CC(=O)O)C(C)C)c1C. The van der Waals surface area contributed by atoms with Crippen molar-refractivity contribution in [2.45, 2.75) is 53.5 Å². The number of aromatic nitrogens is 1. The molecule has 6 heteroatoms. The van der Waals surface area contributed by atoms with Crippen LogP contribution in [0.1, 0.15) is 66.2 Å². The summed E-state index contributed by atoms with van der Waals surface area (Å²) in [6, 6.07) is 0. The number of carboxylic acid groups (broad SMARTS) is 1. The second-order valence-electron chi connectivity index (χ2n) is 6.28. The fourth-order valence-corrected chi connectivity index (χ4v) is 2.53. The van der Waals surface area contributed by atoms with E-state index in [-0.39, 0.29) is 18.1 Å². The van der Waals surface area contributed by atoms with Gasteiger partial charge in [-0.15, -0.1) is 0 Å². The van der Waals surface area contributed by atoms with Gasteiger partial charge in [-0.3, -0.25) is 14.4 Å². The summed E-state index contributed by atoms with van der Waals surface area (Å²) >= 11 is 0. The first-order valence-electron chi connectivity index (χ1n) is 7.24. The Bertz CT molecular complexity index is 616. The Labute approximate surface area is 130 Å². The van der Waals surface area contributed by atoms with Crippen molar-refractivity contribution in [1.82, 2.24) is 10.3 Å². The van der Waals surface area contributed by atoms with E-state index < -0.39 is 17.4 Å². The van der Waals surface area contributed by atoms with Gasteiger partial charge in [0.15, 0.2) is 5.78 Å². The summed E-state index contributed by atoms with van der Waals surface area (Å²) in [5, 5.41) is 11.9. The van der Waals surface area contributed by atoms with Crippen LogP contribution in [0.3, 0.4) is 0 Å². The highest BCUT2D eigenvalue weighted by molar-refractivity contribution is 6.02. The molecule has 0 aromatic carbocycles. The van der Waals surface area contributed by atoms with Crippen LogP contribution in [-0.4, -0.2) is 33.3 Å². The molecule has 1 rings (SSSR count). The third-order valence-electron chi connectivity index (χ3n) is 4.21. The van der Waals surface area contributed by atoms with Gasteiger partial charge < -0.3 is 15.4 Å². The van der Waals surface area contributed by atoms with Crippen molar-refractivity contribution in [2.24, 2.45) is 5.92 Å². The summed E-state index contributed by atoms with van der Waals surface area (Å²) in [7, 11) is 0. The number of nitrogens with one attached hydrogen (secondary N) is 2. The Balaban J connectivity index is 3.14. The van der Waals surface area contributed by atoms with Crippen molar-refractivity contribution in [1.29, 1.82) is 0 Å². The summed E-state index contributed by atoms with van der Waals surface area (Å²) in [5.41, 5.74) is 1.17. The number of amides is 1. The second kappa shape index (κ2) is 6.34. The number of aryl methyl sites for hydroxylation is 1. The van der Waals surface area contributed by atoms with E-state index in [1.807, 2.05) is 13.8 Å². The molecular weight excluding hydrogens is 284 g/mol. The molecule has 1 unspecified atom stereocenters. The van der Waals surface area contributed by atoms with Gasteiger partial charge >= 0.3 is 5.97 Å². The average molecular weight is 308 g/mol. The summed E-state index contributed by atoms with van der Waals surface area (Å²) in [5.74, 6) is -1.54. The average Bonchev–Trinajstić information content (AvgIpc) is 2.63. The normalized spacial score (nSPS) is 13.8. The first kappa shape index (κ1) is 17.9. The van der Waals surface area contributed by atoms with Gasteiger partial charge in [-0.05, 0) is 39.2 Å². The molecule has 0 spiro atoms. The van der Waals surface area contributed by atoms with Crippen LogP contribution in [-0.2, 0) is 4.79 Å². The van der Waals surface area contributed by atoms with Gasteiger partial charge in [0.05, 0.1) is 12.0 Å². The monoisotopic (exact) mass is 308 g/mol. The summed E-state index contributed by atoms with van der Waals surface area (Å²) < 4.78 is 0. The van der Waals surface area contributed by atoms with E-state index in [1.54, 1.807) is 20.8 Å². The quantitative estimate of drug-likeness (QED) is 0.703. The molecule has 0 fully saturated rings. The summed E-state index contributed by atoms with van der Waals surface area (Å²) in [6.07, 6.45) is -0.172. The van der Waals surface area contributed by atoms with Crippen molar-refractivity contribution in [3.8, 4) is 0 Å². The number of ketones is 1. The third kappa shape index (κ3) is 3.55. The second-order valence-corrected chi connectivity index (χ2v) is 6.28. The number of carbonyl (C=O) groups is 3. The predicted molar refractivity (Wildman–Crippen MR) is 83.2 cm³/mol. The maximum absolute atomic E-state index is 12.5. The van der Waals surface area contributed by atoms with Gasteiger partial charge in [-0.1, -0.05) is 13.8 Å². The van der Waals surface area contributed by atoms with Gasteiger partial charge in [0.2, 0.25) is 0 Å². The topological polar surface area (TPSA) is 99.3 Å². The Morgan fingerprint density at radius 1 is 1.27 bits per heavy atom. The molecule has 1 heterocycles. The molecule has 1 aromatic heterocycles. The molecule has 1 amide bonds. The number of aliphatic carboxylic acids is 1. The van der Waals surface area contributed by atoms with Crippen LogP contribution in [0.4, 0.5) is 0 Å². The van der Waals surface area contributed by atoms with Crippen LogP contribution >= 0.6 is 0 Å². The predicted octanol–water partition coefficient (Wildman–Crippen LogP) is 2.45. The molecule has 0 aliphatic carbocycles. The molecule has 0 bridgehead atoms. The highest BCUT2D eigenvalue weighted by Gasteiger charge is 2.34. The molecule has 6 nitrogen and oxygen atoms in total. The fourth-order valence-electron chi connectivity index (χ4n) is 2.53. The molecule has 0 aliphatic heterocycles. The van der Waals surface area contributed by atoms with Crippen LogP contribution < -0.4 is 5.32 Å². The van der Waals surface area contributed by atoms with Crippen LogP contribution in [0, 0.1) is 19.8 Å². The van der Waals surface area contributed by atoms with Gasteiger partial charge in [0, 0.05) is 11.3 Å². The molecule has 1 aromatic rings. The molecule has 22 heavy (non-hydrogen) atoms. The number of rotatable bonds is 6. The number of carboxylic acids is 1. The Morgan fingerprint density at radius 3 is 2.18 bits per heavy atom. The van der Waals surface area contributed by atoms with Crippen molar-refractivity contribution >= 4 is 17.7 Å². The molecule has 3 N–H and O–H groups in total. The minimum atomic E-state index is -0.972. The van der Waals surface area contributed by atoms with E-state index in [9.17, 15) is 14.4 Å². The number of H-pyrrole nitrogens is 1. The van der Waals surface area contributed by atoms with Crippen molar-refractivity contribution < 1.29 is 19.5 Å². The molecule has 1 atom stereocenters. The number of hydrogen-bond acceptors (Lipinski definition) is 3. The van der Waals surface area contributed by atoms with Crippen molar-refractivity contribution in [3.63, 3.8) is 0 Å². The Morgan fingerprint density at radius 2 is 1.82 bits per heavy atom. The van der Waals surface area contributed by atoms with Crippen molar-refractivity contribution in [3.05, 3.63) is 22.5 Å². The van der Waals surface area contributed by atoms with E-state index in [0.29, 0.717) is 22.5 Å². The zero-order valence-corrected chi connectivity index (χ0v) is 14.0. The van der Waals surface area contributed by atoms with E-state index in [1.165, 1.54) is 6.92 Å². The highest BCUT2D eigenvalue weighted by Crippen LogP contribution is 2.23. The number of carbonyl (C=O) groups excluding carboxylic acids is 2. The van der Waals surface area contributed by atoms with Crippen LogP contribution in [0.25, 0.3) is 0 Å². The maximum Gasteiger partial charge on any atom is 0.305 e. The van der Waals surface area contributed by atoms with Crippen LogP contribution in [0.15, 0.2) is 0 Å². The zero-order chi connectivity index (χ0) is 17.2. The van der Waals surface area contributed by atoms with Gasteiger partial charge in [0.25, 0.3) is 5.91 Å². The first-order chi connectivity index (χ1) is 9.99.